The SMILES string of the molecule is CCOC(=O)c1c(-c2ccccc2)oc(=O)c(C)c1-c1ccccc1. The average molecular weight is 334 g/mol. The molecule has 3 rings (SSSR count). The summed E-state index contributed by atoms with van der Waals surface area (Å²) >= 11 is 0. The molecule has 0 spiro atoms. The normalized spacial score (nSPS) is 10.5. The molecule has 0 unspecified atom stereocenters. The van der Waals surface area contributed by atoms with E-state index in [9.17, 15) is 9.59 Å². The minimum atomic E-state index is -0.507. The van der Waals surface area contributed by atoms with Gasteiger partial charge in [0.1, 0.15) is 5.56 Å². The molecule has 1 aromatic heterocycles. The number of hydrogen-bond donors (Lipinski definition) is 0. The van der Waals surface area contributed by atoms with Crippen LogP contribution in [0.1, 0.15) is 22.8 Å². The molecule has 0 radical (unpaired) electrons. The van der Waals surface area contributed by atoms with Crippen molar-refractivity contribution in [3.05, 3.63) is 82.2 Å². The molecule has 0 saturated heterocycles. The molecule has 0 aliphatic rings. The Bertz CT molecular complexity index is 941. The molecule has 0 fully saturated rings. The van der Waals surface area contributed by atoms with Gasteiger partial charge in [0.2, 0.25) is 0 Å². The second-order valence-electron chi connectivity index (χ2n) is 5.55. The van der Waals surface area contributed by atoms with Gasteiger partial charge in [0.05, 0.1) is 6.61 Å². The van der Waals surface area contributed by atoms with E-state index in [0.29, 0.717) is 16.7 Å². The number of hydrogen-bond acceptors (Lipinski definition) is 4. The summed E-state index contributed by atoms with van der Waals surface area (Å²) in [6, 6.07) is 18.4. The first-order chi connectivity index (χ1) is 12.1. The van der Waals surface area contributed by atoms with Crippen LogP contribution in [0.15, 0.2) is 69.9 Å². The van der Waals surface area contributed by atoms with Crippen molar-refractivity contribution >= 4 is 5.97 Å². The molecule has 0 amide bonds. The van der Waals surface area contributed by atoms with Crippen LogP contribution < -0.4 is 5.63 Å². The zero-order valence-electron chi connectivity index (χ0n) is 14.1. The zero-order chi connectivity index (χ0) is 17.8. The second kappa shape index (κ2) is 7.18. The molecule has 2 aromatic carbocycles. The number of carbonyl (C=O) groups excluding carboxylic acids is 1. The fraction of sp³-hybridized carbons (Fsp3) is 0.143. The highest BCUT2D eigenvalue weighted by Crippen LogP contribution is 2.33. The van der Waals surface area contributed by atoms with Gasteiger partial charge < -0.3 is 9.15 Å². The molecule has 0 atom stereocenters. The topological polar surface area (TPSA) is 56.5 Å². The first-order valence-corrected chi connectivity index (χ1v) is 8.09. The standard InChI is InChI=1S/C21H18O4/c1-3-24-21(23)18-17(15-10-6-4-7-11-15)14(2)20(22)25-19(18)16-12-8-5-9-13-16/h4-13H,3H2,1-2H3. The molecule has 0 saturated carbocycles. The number of ether oxygens (including phenoxy) is 1. The van der Waals surface area contributed by atoms with Gasteiger partial charge >= 0.3 is 11.6 Å². The van der Waals surface area contributed by atoms with Gasteiger partial charge in [-0.3, -0.25) is 0 Å². The third-order valence-electron chi connectivity index (χ3n) is 3.93. The van der Waals surface area contributed by atoms with Gasteiger partial charge in [-0.15, -0.1) is 0 Å². The lowest BCUT2D eigenvalue weighted by Crippen LogP contribution is -2.15. The van der Waals surface area contributed by atoms with Crippen LogP contribution in [0.25, 0.3) is 22.5 Å². The van der Waals surface area contributed by atoms with E-state index in [1.54, 1.807) is 26.0 Å². The lowest BCUT2D eigenvalue weighted by atomic mass is 9.94. The van der Waals surface area contributed by atoms with Gasteiger partial charge in [-0.05, 0) is 19.4 Å². The van der Waals surface area contributed by atoms with Crippen LogP contribution in [0.4, 0.5) is 0 Å². The third kappa shape index (κ3) is 3.24. The van der Waals surface area contributed by atoms with Crippen molar-refractivity contribution in [2.75, 3.05) is 6.61 Å². The Hall–Kier alpha value is -3.14. The Kier molecular flexibility index (Phi) is 4.80. The van der Waals surface area contributed by atoms with Crippen molar-refractivity contribution in [2.45, 2.75) is 13.8 Å². The van der Waals surface area contributed by atoms with Crippen molar-refractivity contribution in [3.8, 4) is 22.5 Å². The summed E-state index contributed by atoms with van der Waals surface area (Å²) in [7, 11) is 0. The van der Waals surface area contributed by atoms with Crippen LogP contribution in [0.2, 0.25) is 0 Å². The molecular formula is C21H18O4. The summed E-state index contributed by atoms with van der Waals surface area (Å²) in [5, 5.41) is 0. The lowest BCUT2D eigenvalue weighted by molar-refractivity contribution is 0.0525. The first kappa shape index (κ1) is 16.7. The number of rotatable bonds is 4. The van der Waals surface area contributed by atoms with Crippen LogP contribution in [0.5, 0.6) is 0 Å². The lowest BCUT2D eigenvalue weighted by Gasteiger charge is -2.15. The van der Waals surface area contributed by atoms with Gasteiger partial charge in [-0.1, -0.05) is 60.7 Å². The van der Waals surface area contributed by atoms with Gasteiger partial charge in [-0.2, -0.15) is 0 Å². The molecule has 0 aliphatic heterocycles. The summed E-state index contributed by atoms with van der Waals surface area (Å²) in [5.74, 6) is -0.277. The van der Waals surface area contributed by atoms with E-state index in [1.807, 2.05) is 48.5 Å². The van der Waals surface area contributed by atoms with Crippen LogP contribution in [-0.2, 0) is 4.74 Å². The minimum Gasteiger partial charge on any atom is -0.462 e. The predicted octanol–water partition coefficient (Wildman–Crippen LogP) is 4.46. The molecule has 0 N–H and O–H groups in total. The van der Waals surface area contributed by atoms with Gasteiger partial charge in [0.25, 0.3) is 0 Å². The fourth-order valence-electron chi connectivity index (χ4n) is 2.78. The average Bonchev–Trinajstić information content (AvgIpc) is 2.65. The van der Waals surface area contributed by atoms with Crippen molar-refractivity contribution in [2.24, 2.45) is 0 Å². The first-order valence-electron chi connectivity index (χ1n) is 8.09. The monoisotopic (exact) mass is 334 g/mol. The summed E-state index contributed by atoms with van der Waals surface area (Å²) in [5.41, 5.74) is 2.16. The molecule has 126 valence electrons. The molecule has 1 heterocycles. The quantitative estimate of drug-likeness (QED) is 0.661. The van der Waals surface area contributed by atoms with Crippen LogP contribution in [0, 0.1) is 6.92 Å². The van der Waals surface area contributed by atoms with E-state index in [4.69, 9.17) is 9.15 Å². The fourth-order valence-corrected chi connectivity index (χ4v) is 2.78. The summed E-state index contributed by atoms with van der Waals surface area (Å²) in [4.78, 5) is 25.1. The third-order valence-corrected chi connectivity index (χ3v) is 3.93. The van der Waals surface area contributed by atoms with Crippen molar-refractivity contribution in [3.63, 3.8) is 0 Å². The summed E-state index contributed by atoms with van der Waals surface area (Å²) in [6.07, 6.45) is 0. The molecule has 0 bridgehead atoms. The Morgan fingerprint density at radius 2 is 1.52 bits per heavy atom. The maximum absolute atomic E-state index is 12.7. The van der Waals surface area contributed by atoms with E-state index in [-0.39, 0.29) is 17.9 Å². The van der Waals surface area contributed by atoms with E-state index in [1.165, 1.54) is 0 Å². The molecule has 25 heavy (non-hydrogen) atoms. The molecular weight excluding hydrogens is 316 g/mol. The van der Waals surface area contributed by atoms with Crippen LogP contribution in [-0.4, -0.2) is 12.6 Å². The molecule has 4 nitrogen and oxygen atoms in total. The van der Waals surface area contributed by atoms with Crippen LogP contribution in [0.3, 0.4) is 0 Å². The Morgan fingerprint density at radius 1 is 0.960 bits per heavy atom. The van der Waals surface area contributed by atoms with Gasteiger partial charge in [0.15, 0.2) is 5.76 Å². The molecule has 0 aliphatic carbocycles. The second-order valence-corrected chi connectivity index (χ2v) is 5.55. The van der Waals surface area contributed by atoms with Crippen molar-refractivity contribution < 1.29 is 13.9 Å². The maximum Gasteiger partial charge on any atom is 0.342 e. The number of carbonyl (C=O) groups is 1. The highest BCUT2D eigenvalue weighted by Gasteiger charge is 2.25. The van der Waals surface area contributed by atoms with E-state index >= 15 is 0 Å². The largest absolute Gasteiger partial charge is 0.462 e. The molecule has 3 aromatic rings. The van der Waals surface area contributed by atoms with E-state index in [2.05, 4.69) is 0 Å². The number of benzene rings is 2. The minimum absolute atomic E-state index is 0.230. The Morgan fingerprint density at radius 3 is 2.08 bits per heavy atom. The summed E-state index contributed by atoms with van der Waals surface area (Å²) in [6.45, 7) is 3.64. The highest BCUT2D eigenvalue weighted by molar-refractivity contribution is 6.03. The van der Waals surface area contributed by atoms with Gasteiger partial charge in [-0.25, -0.2) is 9.59 Å². The van der Waals surface area contributed by atoms with Crippen molar-refractivity contribution in [1.82, 2.24) is 0 Å². The van der Waals surface area contributed by atoms with E-state index < -0.39 is 11.6 Å². The summed E-state index contributed by atoms with van der Waals surface area (Å²) < 4.78 is 10.7. The van der Waals surface area contributed by atoms with Crippen LogP contribution >= 0.6 is 0 Å². The van der Waals surface area contributed by atoms with E-state index in [0.717, 1.165) is 5.56 Å². The Balaban J connectivity index is 2.39. The molecule has 4 heteroatoms. The Labute approximate surface area is 145 Å². The smallest absolute Gasteiger partial charge is 0.342 e. The number of esters is 1. The highest BCUT2D eigenvalue weighted by atomic mass is 16.5. The maximum atomic E-state index is 12.7. The predicted molar refractivity (Wildman–Crippen MR) is 96.5 cm³/mol. The van der Waals surface area contributed by atoms with Gasteiger partial charge in [0, 0.05) is 16.7 Å². The van der Waals surface area contributed by atoms with Crippen molar-refractivity contribution in [1.29, 1.82) is 0 Å². The zero-order valence-corrected chi connectivity index (χ0v) is 14.1.